The number of nitrogen functional groups attached to an aromatic ring is 1. The Balaban J connectivity index is 1.97. The zero-order valence-electron chi connectivity index (χ0n) is 10.6. The second-order valence-electron chi connectivity index (χ2n) is 4.51. The van der Waals surface area contributed by atoms with Crippen LogP contribution in [0.1, 0.15) is 23.6 Å². The summed E-state index contributed by atoms with van der Waals surface area (Å²) in [6.07, 6.45) is 3.82. The Morgan fingerprint density at radius 3 is 2.63 bits per heavy atom. The van der Waals surface area contributed by atoms with Gasteiger partial charge < -0.3 is 11.5 Å². The van der Waals surface area contributed by atoms with Crippen LogP contribution in [-0.4, -0.2) is 10.8 Å². The number of rotatable bonds is 5. The quantitative estimate of drug-likeness (QED) is 0.854. The fourth-order valence-corrected chi connectivity index (χ4v) is 1.93. The number of anilines is 1. The SMILES string of the molecule is Nc1ccncc1CC(=O)CC(N)c1ccccc1. The van der Waals surface area contributed by atoms with Crippen molar-refractivity contribution in [2.45, 2.75) is 18.9 Å². The molecule has 2 aromatic rings. The lowest BCUT2D eigenvalue weighted by Crippen LogP contribution is -2.17. The molecule has 4 N–H and O–H groups in total. The van der Waals surface area contributed by atoms with Crippen LogP contribution in [0.4, 0.5) is 5.69 Å². The maximum absolute atomic E-state index is 12.0. The normalized spacial score (nSPS) is 12.1. The second kappa shape index (κ2) is 6.11. The van der Waals surface area contributed by atoms with E-state index in [0.717, 1.165) is 11.1 Å². The summed E-state index contributed by atoms with van der Waals surface area (Å²) in [5.41, 5.74) is 14.1. The molecule has 4 nitrogen and oxygen atoms in total. The molecular weight excluding hydrogens is 238 g/mol. The van der Waals surface area contributed by atoms with E-state index in [1.54, 1.807) is 18.5 Å². The first-order chi connectivity index (χ1) is 9.16. The number of nitrogens with zero attached hydrogens (tertiary/aromatic N) is 1. The number of ketones is 1. The summed E-state index contributed by atoms with van der Waals surface area (Å²) < 4.78 is 0. The predicted octanol–water partition coefficient (Wildman–Crippen LogP) is 1.87. The number of Topliss-reactive ketones (excluding diaryl/α,β-unsaturated/α-hetero) is 1. The van der Waals surface area contributed by atoms with E-state index >= 15 is 0 Å². The van der Waals surface area contributed by atoms with Crippen molar-refractivity contribution >= 4 is 11.5 Å². The molecule has 1 aromatic carbocycles. The molecule has 1 atom stereocenters. The largest absolute Gasteiger partial charge is 0.398 e. The summed E-state index contributed by atoms with van der Waals surface area (Å²) in [6, 6.07) is 11.0. The highest BCUT2D eigenvalue weighted by molar-refractivity contribution is 5.82. The molecule has 0 aliphatic heterocycles. The maximum atomic E-state index is 12.0. The van der Waals surface area contributed by atoms with E-state index in [9.17, 15) is 4.79 Å². The minimum Gasteiger partial charge on any atom is -0.398 e. The van der Waals surface area contributed by atoms with Crippen LogP contribution in [0.5, 0.6) is 0 Å². The Morgan fingerprint density at radius 2 is 1.95 bits per heavy atom. The summed E-state index contributed by atoms with van der Waals surface area (Å²) in [4.78, 5) is 16.0. The lowest BCUT2D eigenvalue weighted by molar-refractivity contribution is -0.118. The van der Waals surface area contributed by atoms with Gasteiger partial charge in [0.25, 0.3) is 0 Å². The number of pyridine rings is 1. The molecule has 0 fully saturated rings. The van der Waals surface area contributed by atoms with Crippen molar-refractivity contribution in [3.05, 3.63) is 59.9 Å². The van der Waals surface area contributed by atoms with Gasteiger partial charge in [-0.15, -0.1) is 0 Å². The van der Waals surface area contributed by atoms with Gasteiger partial charge in [-0.1, -0.05) is 30.3 Å². The zero-order valence-corrected chi connectivity index (χ0v) is 10.6. The van der Waals surface area contributed by atoms with Gasteiger partial charge in [0, 0.05) is 42.5 Å². The highest BCUT2D eigenvalue weighted by Crippen LogP contribution is 2.16. The standard InChI is InChI=1S/C15H17N3O/c16-14-6-7-18-10-12(14)8-13(19)9-15(17)11-4-2-1-3-5-11/h1-7,10,15H,8-9,17H2,(H2,16,18). The Hall–Kier alpha value is -2.20. The molecule has 0 amide bonds. The van der Waals surface area contributed by atoms with Gasteiger partial charge in [0.1, 0.15) is 5.78 Å². The first kappa shape index (κ1) is 13.2. The molecule has 0 saturated carbocycles. The molecule has 1 aromatic heterocycles. The molecular formula is C15H17N3O. The summed E-state index contributed by atoms with van der Waals surface area (Å²) in [5, 5.41) is 0. The molecule has 19 heavy (non-hydrogen) atoms. The van der Waals surface area contributed by atoms with E-state index in [0.29, 0.717) is 12.1 Å². The lowest BCUT2D eigenvalue weighted by Gasteiger charge is -2.11. The number of benzene rings is 1. The fraction of sp³-hybridized carbons (Fsp3) is 0.200. The zero-order chi connectivity index (χ0) is 13.7. The number of hydrogen-bond donors (Lipinski definition) is 2. The van der Waals surface area contributed by atoms with E-state index in [4.69, 9.17) is 11.5 Å². The van der Waals surface area contributed by atoms with Crippen LogP contribution in [0.15, 0.2) is 48.8 Å². The average Bonchev–Trinajstić information content (AvgIpc) is 2.42. The van der Waals surface area contributed by atoms with Gasteiger partial charge in [-0.05, 0) is 11.6 Å². The molecule has 98 valence electrons. The smallest absolute Gasteiger partial charge is 0.139 e. The number of carbonyl (C=O) groups is 1. The highest BCUT2D eigenvalue weighted by atomic mass is 16.1. The Morgan fingerprint density at radius 1 is 1.21 bits per heavy atom. The van der Waals surface area contributed by atoms with E-state index < -0.39 is 0 Å². The van der Waals surface area contributed by atoms with Crippen LogP contribution < -0.4 is 11.5 Å². The van der Waals surface area contributed by atoms with Crippen LogP contribution in [0.3, 0.4) is 0 Å². The first-order valence-electron chi connectivity index (χ1n) is 6.17. The van der Waals surface area contributed by atoms with Crippen molar-refractivity contribution in [1.82, 2.24) is 4.98 Å². The van der Waals surface area contributed by atoms with Gasteiger partial charge in [0.15, 0.2) is 0 Å². The Labute approximate surface area is 112 Å². The minimum atomic E-state index is -0.272. The summed E-state index contributed by atoms with van der Waals surface area (Å²) >= 11 is 0. The second-order valence-corrected chi connectivity index (χ2v) is 4.51. The monoisotopic (exact) mass is 255 g/mol. The van der Waals surface area contributed by atoms with Gasteiger partial charge in [-0.2, -0.15) is 0 Å². The molecule has 0 bridgehead atoms. The van der Waals surface area contributed by atoms with E-state index in [1.807, 2.05) is 30.3 Å². The van der Waals surface area contributed by atoms with Gasteiger partial charge in [0.05, 0.1) is 0 Å². The number of hydrogen-bond acceptors (Lipinski definition) is 4. The van der Waals surface area contributed by atoms with E-state index in [-0.39, 0.29) is 18.2 Å². The summed E-state index contributed by atoms with van der Waals surface area (Å²) in [5.74, 6) is 0.0658. The number of nitrogens with two attached hydrogens (primary N) is 2. The molecule has 1 unspecified atom stereocenters. The Kier molecular flexibility index (Phi) is 4.26. The molecule has 0 radical (unpaired) electrons. The van der Waals surface area contributed by atoms with Crippen LogP contribution in [-0.2, 0) is 11.2 Å². The van der Waals surface area contributed by atoms with Gasteiger partial charge in [0.2, 0.25) is 0 Å². The van der Waals surface area contributed by atoms with Crippen molar-refractivity contribution in [3.8, 4) is 0 Å². The van der Waals surface area contributed by atoms with Gasteiger partial charge >= 0.3 is 0 Å². The molecule has 0 aliphatic rings. The van der Waals surface area contributed by atoms with Crippen molar-refractivity contribution in [2.24, 2.45) is 5.73 Å². The van der Waals surface area contributed by atoms with Crippen LogP contribution >= 0.6 is 0 Å². The molecule has 0 spiro atoms. The molecule has 2 rings (SSSR count). The first-order valence-corrected chi connectivity index (χ1v) is 6.17. The molecule has 1 heterocycles. The third kappa shape index (κ3) is 3.63. The number of aromatic nitrogens is 1. The van der Waals surface area contributed by atoms with Gasteiger partial charge in [-0.25, -0.2) is 0 Å². The maximum Gasteiger partial charge on any atom is 0.139 e. The van der Waals surface area contributed by atoms with Crippen molar-refractivity contribution in [3.63, 3.8) is 0 Å². The van der Waals surface area contributed by atoms with Crippen LogP contribution in [0, 0.1) is 0 Å². The van der Waals surface area contributed by atoms with E-state index in [2.05, 4.69) is 4.98 Å². The number of carbonyl (C=O) groups excluding carboxylic acids is 1. The topological polar surface area (TPSA) is 82.0 Å². The van der Waals surface area contributed by atoms with Crippen LogP contribution in [0.25, 0.3) is 0 Å². The highest BCUT2D eigenvalue weighted by Gasteiger charge is 2.13. The fourth-order valence-electron chi connectivity index (χ4n) is 1.93. The van der Waals surface area contributed by atoms with E-state index in [1.165, 1.54) is 0 Å². The molecule has 0 saturated heterocycles. The predicted molar refractivity (Wildman–Crippen MR) is 75.3 cm³/mol. The summed E-state index contributed by atoms with van der Waals surface area (Å²) in [6.45, 7) is 0. The van der Waals surface area contributed by atoms with Gasteiger partial charge in [-0.3, -0.25) is 9.78 Å². The Bertz CT molecular complexity index is 554. The molecule has 4 heteroatoms. The minimum absolute atomic E-state index is 0.0658. The van der Waals surface area contributed by atoms with Crippen molar-refractivity contribution < 1.29 is 4.79 Å². The van der Waals surface area contributed by atoms with Crippen molar-refractivity contribution in [1.29, 1.82) is 0 Å². The third-order valence-electron chi connectivity index (χ3n) is 3.00. The lowest BCUT2D eigenvalue weighted by atomic mass is 9.99. The van der Waals surface area contributed by atoms with Crippen molar-refractivity contribution in [2.75, 3.05) is 5.73 Å². The average molecular weight is 255 g/mol. The summed E-state index contributed by atoms with van der Waals surface area (Å²) in [7, 11) is 0. The van der Waals surface area contributed by atoms with Crippen LogP contribution in [0.2, 0.25) is 0 Å². The molecule has 0 aliphatic carbocycles. The third-order valence-corrected chi connectivity index (χ3v) is 3.00.